The van der Waals surface area contributed by atoms with Crippen molar-refractivity contribution in [3.8, 4) is 0 Å². The van der Waals surface area contributed by atoms with Gasteiger partial charge in [-0.25, -0.2) is 4.99 Å². The fraction of sp³-hybridized carbons (Fsp3) is 0.833. The molecule has 2 unspecified atom stereocenters. The number of nitrogens with zero attached hydrogens (tertiary/aromatic N) is 2. The number of hydrogen-bond donors (Lipinski definition) is 2. The molecule has 1 fully saturated rings. The Morgan fingerprint density at radius 1 is 1.47 bits per heavy atom. The Balaban J connectivity index is 0.00000324. The van der Waals surface area contributed by atoms with Crippen LogP contribution in [-0.4, -0.2) is 63.7 Å². The largest absolute Gasteiger partial charge is 0.383 e. The van der Waals surface area contributed by atoms with Crippen LogP contribution in [0, 0.1) is 5.92 Å². The molecule has 0 bridgehead atoms. The van der Waals surface area contributed by atoms with Crippen molar-refractivity contribution in [1.29, 1.82) is 0 Å². The first-order valence-corrected chi connectivity index (χ1v) is 6.28. The van der Waals surface area contributed by atoms with E-state index in [-0.39, 0.29) is 36.4 Å². The molecule has 0 radical (unpaired) electrons. The molecule has 1 aliphatic carbocycles. The van der Waals surface area contributed by atoms with Crippen LogP contribution in [0.1, 0.15) is 13.3 Å². The van der Waals surface area contributed by atoms with Crippen LogP contribution < -0.4 is 10.6 Å². The first-order valence-electron chi connectivity index (χ1n) is 6.28. The molecule has 7 heteroatoms. The van der Waals surface area contributed by atoms with Gasteiger partial charge in [0.25, 0.3) is 0 Å². The fourth-order valence-corrected chi connectivity index (χ4v) is 1.41. The molecule has 2 atom stereocenters. The molecular weight excluding hydrogens is 359 g/mol. The first-order chi connectivity index (χ1) is 8.54. The van der Waals surface area contributed by atoms with Crippen LogP contribution in [0.2, 0.25) is 0 Å². The average molecular weight is 384 g/mol. The molecule has 0 aromatic carbocycles. The summed E-state index contributed by atoms with van der Waals surface area (Å²) < 4.78 is 4.98. The van der Waals surface area contributed by atoms with Gasteiger partial charge in [-0.2, -0.15) is 0 Å². The van der Waals surface area contributed by atoms with E-state index < -0.39 is 0 Å². The van der Waals surface area contributed by atoms with E-state index in [1.807, 2.05) is 0 Å². The topological polar surface area (TPSA) is 66.0 Å². The number of nitrogens with one attached hydrogen (secondary N) is 2. The van der Waals surface area contributed by atoms with Crippen molar-refractivity contribution < 1.29 is 9.53 Å². The lowest BCUT2D eigenvalue weighted by Crippen LogP contribution is -2.41. The van der Waals surface area contributed by atoms with Crippen LogP contribution >= 0.6 is 24.0 Å². The molecule has 1 amide bonds. The summed E-state index contributed by atoms with van der Waals surface area (Å²) >= 11 is 0. The third-order valence-corrected chi connectivity index (χ3v) is 2.90. The van der Waals surface area contributed by atoms with E-state index in [0.29, 0.717) is 31.1 Å². The minimum absolute atomic E-state index is 0. The molecule has 1 saturated carbocycles. The van der Waals surface area contributed by atoms with E-state index in [1.165, 1.54) is 4.90 Å². The highest BCUT2D eigenvalue weighted by atomic mass is 127. The zero-order valence-corrected chi connectivity index (χ0v) is 14.4. The second-order valence-corrected chi connectivity index (χ2v) is 4.84. The monoisotopic (exact) mass is 384 g/mol. The number of carbonyl (C=O) groups is 1. The van der Waals surface area contributed by atoms with Gasteiger partial charge in [0.2, 0.25) is 5.91 Å². The van der Waals surface area contributed by atoms with Crippen molar-refractivity contribution in [1.82, 2.24) is 15.5 Å². The van der Waals surface area contributed by atoms with Crippen LogP contribution in [0.25, 0.3) is 0 Å². The van der Waals surface area contributed by atoms with Gasteiger partial charge >= 0.3 is 0 Å². The number of halogens is 1. The number of guanidine groups is 1. The summed E-state index contributed by atoms with van der Waals surface area (Å²) in [5, 5.41) is 6.46. The Hall–Kier alpha value is -0.570. The zero-order chi connectivity index (χ0) is 13.5. The Morgan fingerprint density at radius 3 is 2.58 bits per heavy atom. The highest BCUT2D eigenvalue weighted by molar-refractivity contribution is 14.0. The fourth-order valence-electron chi connectivity index (χ4n) is 1.41. The van der Waals surface area contributed by atoms with Crippen molar-refractivity contribution in [2.75, 3.05) is 40.9 Å². The highest BCUT2D eigenvalue weighted by Gasteiger charge is 2.33. The molecule has 0 heterocycles. The van der Waals surface area contributed by atoms with Crippen LogP contribution in [0.15, 0.2) is 4.99 Å². The van der Waals surface area contributed by atoms with E-state index in [4.69, 9.17) is 4.74 Å². The van der Waals surface area contributed by atoms with Crippen LogP contribution in [-0.2, 0) is 9.53 Å². The molecule has 19 heavy (non-hydrogen) atoms. The second kappa shape index (κ2) is 9.35. The lowest BCUT2D eigenvalue weighted by Gasteiger charge is -2.13. The molecular formula is C12H25IN4O2. The second-order valence-electron chi connectivity index (χ2n) is 4.84. The van der Waals surface area contributed by atoms with Gasteiger partial charge in [0.1, 0.15) is 6.54 Å². The van der Waals surface area contributed by atoms with E-state index in [2.05, 4.69) is 22.5 Å². The zero-order valence-electron chi connectivity index (χ0n) is 12.1. The minimum atomic E-state index is -0.00770. The van der Waals surface area contributed by atoms with E-state index in [9.17, 15) is 4.79 Å². The number of likely N-dealkylation sites (N-methyl/N-ethyl adjacent to an activating group) is 1. The first kappa shape index (κ1) is 18.4. The van der Waals surface area contributed by atoms with E-state index >= 15 is 0 Å². The molecule has 0 aromatic rings. The smallest absolute Gasteiger partial charge is 0.243 e. The van der Waals surface area contributed by atoms with Gasteiger partial charge in [-0.15, -0.1) is 24.0 Å². The standard InChI is InChI=1S/C12H24N4O2.HI/c1-9-7-10(9)15-12(13-5-6-18-4)14-8-11(17)16(2)3;/h9-10H,5-8H2,1-4H3,(H2,13,14,15);1H. The molecule has 112 valence electrons. The number of ether oxygens (including phenoxy) is 1. The summed E-state index contributed by atoms with van der Waals surface area (Å²) in [4.78, 5) is 17.3. The molecule has 0 aromatic heterocycles. The van der Waals surface area contributed by atoms with Crippen LogP contribution in [0.5, 0.6) is 0 Å². The summed E-state index contributed by atoms with van der Waals surface area (Å²) in [7, 11) is 5.11. The Morgan fingerprint density at radius 2 is 2.11 bits per heavy atom. The lowest BCUT2D eigenvalue weighted by atomic mass is 10.5. The molecule has 0 spiro atoms. The Labute approximate surface area is 132 Å². The number of rotatable bonds is 6. The highest BCUT2D eigenvalue weighted by Crippen LogP contribution is 2.28. The van der Waals surface area contributed by atoms with Gasteiger partial charge in [-0.05, 0) is 12.3 Å². The normalized spacial score (nSPS) is 21.4. The van der Waals surface area contributed by atoms with Crippen molar-refractivity contribution in [2.24, 2.45) is 10.9 Å². The molecule has 1 aliphatic rings. The third-order valence-electron chi connectivity index (χ3n) is 2.90. The van der Waals surface area contributed by atoms with Gasteiger partial charge in [-0.3, -0.25) is 4.79 Å². The molecule has 6 nitrogen and oxygen atoms in total. The minimum Gasteiger partial charge on any atom is -0.383 e. The summed E-state index contributed by atoms with van der Waals surface area (Å²) in [6, 6.07) is 0.480. The quantitative estimate of drug-likeness (QED) is 0.299. The maximum absolute atomic E-state index is 11.5. The average Bonchev–Trinajstić information content (AvgIpc) is 3.01. The molecule has 2 N–H and O–H groups in total. The summed E-state index contributed by atoms with van der Waals surface area (Å²) in [6.45, 7) is 3.65. The number of carbonyl (C=O) groups excluding carboxylic acids is 1. The lowest BCUT2D eigenvalue weighted by molar-refractivity contribution is -0.127. The van der Waals surface area contributed by atoms with Crippen molar-refractivity contribution >= 4 is 35.8 Å². The third kappa shape index (κ3) is 7.56. The van der Waals surface area contributed by atoms with Gasteiger partial charge < -0.3 is 20.3 Å². The van der Waals surface area contributed by atoms with Gasteiger partial charge in [0, 0.05) is 33.8 Å². The predicted molar refractivity (Wildman–Crippen MR) is 87.0 cm³/mol. The number of aliphatic imine (C=N–C) groups is 1. The van der Waals surface area contributed by atoms with Gasteiger partial charge in [0.05, 0.1) is 6.61 Å². The Kier molecular flexibility index (Phi) is 9.07. The predicted octanol–water partition coefficient (Wildman–Crippen LogP) is 0.283. The summed E-state index contributed by atoms with van der Waals surface area (Å²) in [5.74, 6) is 1.37. The van der Waals surface area contributed by atoms with Crippen LogP contribution in [0.4, 0.5) is 0 Å². The SMILES string of the molecule is COCCNC(=NCC(=O)N(C)C)NC1CC1C.I. The van der Waals surface area contributed by atoms with Crippen molar-refractivity contribution in [2.45, 2.75) is 19.4 Å². The van der Waals surface area contributed by atoms with E-state index in [1.54, 1.807) is 21.2 Å². The number of amides is 1. The Bertz CT molecular complexity index is 310. The summed E-state index contributed by atoms with van der Waals surface area (Å²) in [6.07, 6.45) is 1.16. The molecule has 0 aliphatic heterocycles. The molecule has 1 rings (SSSR count). The van der Waals surface area contributed by atoms with Gasteiger partial charge in [-0.1, -0.05) is 6.92 Å². The van der Waals surface area contributed by atoms with Crippen molar-refractivity contribution in [3.05, 3.63) is 0 Å². The maximum atomic E-state index is 11.5. The summed E-state index contributed by atoms with van der Waals surface area (Å²) in [5.41, 5.74) is 0. The maximum Gasteiger partial charge on any atom is 0.243 e. The van der Waals surface area contributed by atoms with Gasteiger partial charge in [0.15, 0.2) is 5.96 Å². The molecule has 0 saturated heterocycles. The number of methoxy groups -OCH3 is 1. The van der Waals surface area contributed by atoms with Crippen molar-refractivity contribution in [3.63, 3.8) is 0 Å². The van der Waals surface area contributed by atoms with E-state index in [0.717, 1.165) is 6.42 Å². The van der Waals surface area contributed by atoms with Crippen LogP contribution in [0.3, 0.4) is 0 Å². The number of hydrogen-bond acceptors (Lipinski definition) is 3.